The lowest BCUT2D eigenvalue weighted by Crippen LogP contribution is -2.33. The predicted molar refractivity (Wildman–Crippen MR) is 149 cm³/mol. The number of benzene rings is 3. The Bertz CT molecular complexity index is 1740. The number of nitrogens with zero attached hydrogens (tertiary/aromatic N) is 3. The number of sulfonamides is 1. The molecule has 0 unspecified atom stereocenters. The first kappa shape index (κ1) is 26.9. The SMILES string of the molecule is Cc1c(C2=NN(Cc3ccc(Cl)cc3)S(=O)(=O)c3ccccc32)c2cc(F)ccc2n1CC(=O)OC(C)(C)C. The van der Waals surface area contributed by atoms with Crippen LogP contribution in [0, 0.1) is 12.7 Å². The third-order valence-corrected chi connectivity index (χ3v) is 8.30. The number of hydrogen-bond donors (Lipinski definition) is 0. The highest BCUT2D eigenvalue weighted by Gasteiger charge is 2.35. The fourth-order valence-corrected chi connectivity index (χ4v) is 6.29. The van der Waals surface area contributed by atoms with Crippen LogP contribution in [0.2, 0.25) is 5.02 Å². The minimum absolute atomic E-state index is 0.0265. The van der Waals surface area contributed by atoms with Gasteiger partial charge in [-0.2, -0.15) is 17.9 Å². The quantitative estimate of drug-likeness (QED) is 0.275. The molecular weight excluding hydrogens is 541 g/mol. The molecule has 0 N–H and O–H groups in total. The van der Waals surface area contributed by atoms with Crippen molar-refractivity contribution in [2.75, 3.05) is 0 Å². The second-order valence-corrected chi connectivity index (χ2v) is 12.6. The molecule has 1 aromatic heterocycles. The van der Waals surface area contributed by atoms with Crippen LogP contribution >= 0.6 is 11.6 Å². The molecule has 0 spiro atoms. The number of aromatic nitrogens is 1. The smallest absolute Gasteiger partial charge is 0.326 e. The first-order chi connectivity index (χ1) is 18.3. The maximum Gasteiger partial charge on any atom is 0.326 e. The maximum absolute atomic E-state index is 14.6. The van der Waals surface area contributed by atoms with Gasteiger partial charge in [0.15, 0.2) is 0 Å². The summed E-state index contributed by atoms with van der Waals surface area (Å²) in [5.74, 6) is -0.912. The number of hydrazone groups is 1. The van der Waals surface area contributed by atoms with Crippen LogP contribution in [-0.2, 0) is 32.6 Å². The number of carbonyl (C=O) groups is 1. The van der Waals surface area contributed by atoms with Crippen LogP contribution < -0.4 is 0 Å². The zero-order valence-corrected chi connectivity index (χ0v) is 23.5. The van der Waals surface area contributed by atoms with E-state index in [4.69, 9.17) is 16.3 Å². The molecule has 1 aliphatic heterocycles. The molecule has 0 aliphatic carbocycles. The van der Waals surface area contributed by atoms with E-state index < -0.39 is 27.4 Å². The van der Waals surface area contributed by atoms with Gasteiger partial charge in [-0.3, -0.25) is 4.79 Å². The van der Waals surface area contributed by atoms with Gasteiger partial charge in [-0.25, -0.2) is 4.39 Å². The van der Waals surface area contributed by atoms with Gasteiger partial charge in [-0.15, -0.1) is 0 Å². The third-order valence-electron chi connectivity index (χ3n) is 6.37. The summed E-state index contributed by atoms with van der Waals surface area (Å²) in [6, 6.07) is 17.7. The van der Waals surface area contributed by atoms with Gasteiger partial charge in [-0.1, -0.05) is 41.9 Å². The van der Waals surface area contributed by atoms with Gasteiger partial charge in [-0.05, 0) is 69.7 Å². The lowest BCUT2D eigenvalue weighted by Gasteiger charge is -2.27. The zero-order valence-electron chi connectivity index (χ0n) is 21.9. The number of hydrogen-bond acceptors (Lipinski definition) is 5. The van der Waals surface area contributed by atoms with Gasteiger partial charge in [0.25, 0.3) is 10.0 Å². The number of halogens is 2. The Balaban J connectivity index is 1.71. The lowest BCUT2D eigenvalue weighted by atomic mass is 9.99. The van der Waals surface area contributed by atoms with Gasteiger partial charge in [0.1, 0.15) is 23.7 Å². The summed E-state index contributed by atoms with van der Waals surface area (Å²) in [6.45, 7) is 7.03. The molecule has 5 rings (SSSR count). The van der Waals surface area contributed by atoms with E-state index in [-0.39, 0.29) is 18.0 Å². The minimum Gasteiger partial charge on any atom is -0.459 e. The van der Waals surface area contributed by atoms with Crippen molar-refractivity contribution < 1.29 is 22.3 Å². The topological polar surface area (TPSA) is 81.0 Å². The fraction of sp³-hybridized carbons (Fsp3) is 0.241. The largest absolute Gasteiger partial charge is 0.459 e. The number of fused-ring (bicyclic) bond motifs is 2. The van der Waals surface area contributed by atoms with Gasteiger partial charge >= 0.3 is 5.97 Å². The van der Waals surface area contributed by atoms with Gasteiger partial charge in [0.05, 0.1) is 11.4 Å². The van der Waals surface area contributed by atoms with Crippen LogP contribution in [0.5, 0.6) is 0 Å². The van der Waals surface area contributed by atoms with E-state index >= 15 is 0 Å². The van der Waals surface area contributed by atoms with Crippen molar-refractivity contribution in [2.24, 2.45) is 5.10 Å². The van der Waals surface area contributed by atoms with Crippen LogP contribution in [0.3, 0.4) is 0 Å². The average Bonchev–Trinajstić information content (AvgIpc) is 3.11. The van der Waals surface area contributed by atoms with Gasteiger partial charge in [0.2, 0.25) is 0 Å². The van der Waals surface area contributed by atoms with Crippen LogP contribution in [0.25, 0.3) is 10.9 Å². The molecule has 0 saturated heterocycles. The molecular formula is C29H27ClFN3O4S. The Morgan fingerprint density at radius 1 is 1.05 bits per heavy atom. The number of carbonyl (C=O) groups excluding carboxylic acids is 1. The van der Waals surface area contributed by atoms with Crippen molar-refractivity contribution in [1.82, 2.24) is 8.98 Å². The molecule has 202 valence electrons. The molecule has 0 atom stereocenters. The summed E-state index contributed by atoms with van der Waals surface area (Å²) >= 11 is 6.01. The van der Waals surface area contributed by atoms with E-state index in [9.17, 15) is 17.6 Å². The van der Waals surface area contributed by atoms with E-state index in [1.165, 1.54) is 18.2 Å². The third kappa shape index (κ3) is 5.16. The van der Waals surface area contributed by atoms with E-state index in [0.717, 1.165) is 4.41 Å². The molecule has 0 bridgehead atoms. The number of esters is 1. The summed E-state index contributed by atoms with van der Waals surface area (Å²) in [6.07, 6.45) is 0. The van der Waals surface area contributed by atoms with Crippen molar-refractivity contribution in [3.63, 3.8) is 0 Å². The Hall–Kier alpha value is -3.69. The Labute approximate surface area is 231 Å². The summed E-state index contributed by atoms with van der Waals surface area (Å²) < 4.78 is 50.1. The summed E-state index contributed by atoms with van der Waals surface area (Å²) in [7, 11) is -3.98. The molecule has 0 amide bonds. The van der Waals surface area contributed by atoms with E-state index in [1.54, 1.807) is 80.8 Å². The molecule has 0 saturated carbocycles. The molecule has 10 heteroatoms. The van der Waals surface area contributed by atoms with E-state index in [0.29, 0.717) is 44.0 Å². The van der Waals surface area contributed by atoms with Crippen molar-refractivity contribution >= 4 is 44.2 Å². The highest BCUT2D eigenvalue weighted by Crippen LogP contribution is 2.35. The molecule has 0 radical (unpaired) electrons. The lowest BCUT2D eigenvalue weighted by molar-refractivity contribution is -0.155. The Kier molecular flexibility index (Phi) is 6.76. The molecule has 4 aromatic rings. The van der Waals surface area contributed by atoms with Crippen molar-refractivity contribution in [3.05, 3.63) is 100.0 Å². The average molecular weight is 568 g/mol. The molecule has 0 fully saturated rings. The van der Waals surface area contributed by atoms with E-state index in [2.05, 4.69) is 5.10 Å². The van der Waals surface area contributed by atoms with Crippen LogP contribution in [0.15, 0.2) is 76.7 Å². The minimum atomic E-state index is -3.98. The number of rotatable bonds is 5. The van der Waals surface area contributed by atoms with Crippen molar-refractivity contribution in [1.29, 1.82) is 0 Å². The first-order valence-electron chi connectivity index (χ1n) is 12.3. The molecule has 3 aromatic carbocycles. The molecule has 39 heavy (non-hydrogen) atoms. The molecule has 1 aliphatic rings. The summed E-state index contributed by atoms with van der Waals surface area (Å²) in [5.41, 5.74) is 2.55. The second kappa shape index (κ2) is 9.81. The monoisotopic (exact) mass is 567 g/mol. The van der Waals surface area contributed by atoms with Crippen LogP contribution in [0.1, 0.15) is 43.2 Å². The van der Waals surface area contributed by atoms with Gasteiger partial charge in [0, 0.05) is 32.7 Å². The molecule has 2 heterocycles. The summed E-state index contributed by atoms with van der Waals surface area (Å²) in [4.78, 5) is 12.9. The maximum atomic E-state index is 14.6. The highest BCUT2D eigenvalue weighted by molar-refractivity contribution is 7.89. The first-order valence-corrected chi connectivity index (χ1v) is 14.1. The molecule has 7 nitrogen and oxygen atoms in total. The van der Waals surface area contributed by atoms with Crippen molar-refractivity contribution in [3.8, 4) is 0 Å². The zero-order chi connectivity index (χ0) is 28.1. The predicted octanol–water partition coefficient (Wildman–Crippen LogP) is 6.04. The van der Waals surface area contributed by atoms with Crippen molar-refractivity contribution in [2.45, 2.75) is 51.3 Å². The van der Waals surface area contributed by atoms with Crippen LogP contribution in [-0.4, -0.2) is 34.7 Å². The highest BCUT2D eigenvalue weighted by atomic mass is 35.5. The second-order valence-electron chi connectivity index (χ2n) is 10.4. The standard InChI is InChI=1S/C29H27ClFN3O4S/c1-18-27(23-15-21(31)13-14-24(23)33(18)17-26(35)38-29(2,3)4)28-22-7-5-6-8-25(22)39(36,37)34(32-28)16-19-9-11-20(30)12-10-19/h5-15H,16-17H2,1-4H3. The summed E-state index contributed by atoms with van der Waals surface area (Å²) in [5, 5.41) is 5.68. The normalized spacial score (nSPS) is 14.7. The fourth-order valence-electron chi connectivity index (χ4n) is 4.73. The van der Waals surface area contributed by atoms with Crippen LogP contribution in [0.4, 0.5) is 4.39 Å². The number of ether oxygens (including phenoxy) is 1. The Morgan fingerprint density at radius 3 is 2.44 bits per heavy atom. The van der Waals surface area contributed by atoms with Gasteiger partial charge < -0.3 is 9.30 Å². The van der Waals surface area contributed by atoms with E-state index in [1.807, 2.05) is 0 Å². The Morgan fingerprint density at radius 2 is 1.74 bits per heavy atom.